The van der Waals surface area contributed by atoms with Gasteiger partial charge >= 0.3 is 5.97 Å². The minimum Gasteiger partial charge on any atom is -0.465 e. The van der Waals surface area contributed by atoms with Crippen LogP contribution in [0.3, 0.4) is 0 Å². The smallest absolute Gasteiger partial charge is 0.340 e. The lowest BCUT2D eigenvalue weighted by molar-refractivity contribution is 0.0603. The highest BCUT2D eigenvalue weighted by molar-refractivity contribution is 7.88. The predicted octanol–water partition coefficient (Wildman–Crippen LogP) is 4.62. The minimum atomic E-state index is -3.60. The molecule has 3 aromatic rings. The van der Waals surface area contributed by atoms with Crippen LogP contribution in [0.5, 0.6) is 0 Å². The Hall–Kier alpha value is -2.39. The number of carbonyl (C=O) groups is 2. The van der Waals surface area contributed by atoms with Gasteiger partial charge in [-0.2, -0.15) is 0 Å². The van der Waals surface area contributed by atoms with Gasteiger partial charge in [0.1, 0.15) is 0 Å². The summed E-state index contributed by atoms with van der Waals surface area (Å²) in [6.45, 7) is 0.458. The van der Waals surface area contributed by atoms with Gasteiger partial charge in [0, 0.05) is 40.6 Å². The predicted molar refractivity (Wildman–Crippen MR) is 127 cm³/mol. The number of esters is 1. The van der Waals surface area contributed by atoms with Crippen LogP contribution in [0.4, 0.5) is 0 Å². The van der Waals surface area contributed by atoms with Gasteiger partial charge in [-0.25, -0.2) is 17.5 Å². The van der Waals surface area contributed by atoms with Gasteiger partial charge in [-0.3, -0.25) is 9.36 Å². The second kappa shape index (κ2) is 9.46. The molecule has 1 fully saturated rings. The summed E-state index contributed by atoms with van der Waals surface area (Å²) in [6, 6.07) is 11.9. The molecule has 7 nitrogen and oxygen atoms in total. The molecule has 1 aromatic heterocycles. The Kier molecular flexibility index (Phi) is 6.81. The zero-order valence-electron chi connectivity index (χ0n) is 17.8. The van der Waals surface area contributed by atoms with Crippen LogP contribution in [0.15, 0.2) is 48.7 Å². The quantitative estimate of drug-likeness (QED) is 0.469. The summed E-state index contributed by atoms with van der Waals surface area (Å²) in [5.74, 6) is -1.28. The molecule has 1 aliphatic heterocycles. The van der Waals surface area contributed by atoms with E-state index in [2.05, 4.69) is 0 Å². The molecule has 0 unspecified atom stereocenters. The lowest BCUT2D eigenvalue weighted by Gasteiger charge is -2.30. The average Bonchev–Trinajstić information content (AvgIpc) is 3.20. The van der Waals surface area contributed by atoms with Crippen molar-refractivity contribution in [2.45, 2.75) is 18.6 Å². The summed E-state index contributed by atoms with van der Waals surface area (Å²) < 4.78 is 33.6. The van der Waals surface area contributed by atoms with Crippen molar-refractivity contribution < 1.29 is 22.7 Å². The molecule has 0 atom stereocenters. The van der Waals surface area contributed by atoms with Gasteiger partial charge in [0.05, 0.1) is 23.9 Å². The van der Waals surface area contributed by atoms with Gasteiger partial charge in [0.2, 0.25) is 15.9 Å². The Balaban J connectivity index is 1.49. The number of carbonyl (C=O) groups excluding carboxylic acids is 2. The second-order valence-electron chi connectivity index (χ2n) is 7.93. The number of sulfonamides is 1. The monoisotopic (exact) mass is 508 g/mol. The summed E-state index contributed by atoms with van der Waals surface area (Å²) in [6.07, 6.45) is 2.27. The molecule has 174 valence electrons. The third-order valence-corrected chi connectivity index (χ3v) is 8.32. The van der Waals surface area contributed by atoms with Crippen molar-refractivity contribution >= 4 is 56.0 Å². The summed E-state index contributed by atoms with van der Waals surface area (Å²) in [7, 11) is -2.31. The molecular formula is C23H22Cl2N2O5S. The van der Waals surface area contributed by atoms with Crippen LogP contribution < -0.4 is 0 Å². The molecule has 0 amide bonds. The number of hydrogen-bond donors (Lipinski definition) is 0. The van der Waals surface area contributed by atoms with Gasteiger partial charge in [0.15, 0.2) is 0 Å². The van der Waals surface area contributed by atoms with E-state index in [9.17, 15) is 18.0 Å². The number of hydrogen-bond acceptors (Lipinski definition) is 5. The Morgan fingerprint density at radius 3 is 2.45 bits per heavy atom. The molecule has 33 heavy (non-hydrogen) atoms. The van der Waals surface area contributed by atoms with E-state index in [1.54, 1.807) is 36.4 Å². The number of para-hydroxylation sites is 1. The van der Waals surface area contributed by atoms with E-state index in [0.29, 0.717) is 44.9 Å². The SMILES string of the molecule is COC(=O)c1cn(C(=O)C2CCN(S(=O)(=O)Cc3ccc(Cl)cc3Cl)CC2)c2ccccc12. The van der Waals surface area contributed by atoms with Gasteiger partial charge < -0.3 is 4.74 Å². The van der Waals surface area contributed by atoms with E-state index < -0.39 is 16.0 Å². The van der Waals surface area contributed by atoms with Crippen molar-refractivity contribution in [3.8, 4) is 0 Å². The van der Waals surface area contributed by atoms with Gasteiger partial charge in [-0.1, -0.05) is 47.5 Å². The number of aromatic nitrogens is 1. The fourth-order valence-corrected chi connectivity index (χ4v) is 6.29. The summed E-state index contributed by atoms with van der Waals surface area (Å²) in [4.78, 5) is 25.4. The van der Waals surface area contributed by atoms with E-state index in [0.717, 1.165) is 0 Å². The van der Waals surface area contributed by atoms with Gasteiger partial charge in [0.25, 0.3) is 0 Å². The van der Waals surface area contributed by atoms with E-state index >= 15 is 0 Å². The van der Waals surface area contributed by atoms with Crippen LogP contribution in [-0.2, 0) is 20.5 Å². The maximum atomic E-state index is 13.3. The molecule has 0 saturated carbocycles. The molecule has 2 heterocycles. The molecule has 1 saturated heterocycles. The van der Waals surface area contributed by atoms with E-state index in [-0.39, 0.29) is 30.7 Å². The third kappa shape index (κ3) is 4.80. The third-order valence-electron chi connectivity index (χ3n) is 5.90. The molecule has 4 rings (SSSR count). The Morgan fingerprint density at radius 2 is 1.79 bits per heavy atom. The number of ether oxygens (including phenoxy) is 1. The highest BCUT2D eigenvalue weighted by atomic mass is 35.5. The van der Waals surface area contributed by atoms with Gasteiger partial charge in [-0.15, -0.1) is 0 Å². The number of halogens is 2. The average molecular weight is 509 g/mol. The number of methoxy groups -OCH3 is 1. The number of rotatable bonds is 5. The Morgan fingerprint density at radius 1 is 1.09 bits per heavy atom. The molecule has 0 N–H and O–H groups in total. The number of benzene rings is 2. The van der Waals surface area contributed by atoms with E-state index in [1.165, 1.54) is 28.2 Å². The minimum absolute atomic E-state index is 0.167. The van der Waals surface area contributed by atoms with Crippen molar-refractivity contribution in [3.05, 3.63) is 69.8 Å². The van der Waals surface area contributed by atoms with Crippen molar-refractivity contribution in [2.24, 2.45) is 5.92 Å². The van der Waals surface area contributed by atoms with Crippen LogP contribution in [0.25, 0.3) is 10.9 Å². The normalized spacial score (nSPS) is 15.6. The van der Waals surface area contributed by atoms with Crippen LogP contribution in [0, 0.1) is 5.92 Å². The summed E-state index contributed by atoms with van der Waals surface area (Å²) >= 11 is 12.0. The molecule has 1 aliphatic rings. The lowest BCUT2D eigenvalue weighted by Crippen LogP contribution is -2.41. The molecule has 10 heteroatoms. The van der Waals surface area contributed by atoms with Crippen molar-refractivity contribution in [3.63, 3.8) is 0 Å². The zero-order chi connectivity index (χ0) is 23.8. The van der Waals surface area contributed by atoms with Crippen LogP contribution >= 0.6 is 23.2 Å². The summed E-state index contributed by atoms with van der Waals surface area (Å²) in [5, 5.41) is 1.38. The van der Waals surface area contributed by atoms with E-state index in [4.69, 9.17) is 27.9 Å². The topological polar surface area (TPSA) is 85.7 Å². The largest absolute Gasteiger partial charge is 0.465 e. The first kappa shape index (κ1) is 23.8. The highest BCUT2D eigenvalue weighted by Crippen LogP contribution is 2.29. The van der Waals surface area contributed by atoms with Crippen LogP contribution in [0.2, 0.25) is 10.0 Å². The second-order valence-corrected chi connectivity index (χ2v) is 10.7. The first-order valence-electron chi connectivity index (χ1n) is 10.4. The number of nitrogens with zero attached hydrogens (tertiary/aromatic N) is 2. The molecule has 0 bridgehead atoms. The Labute approximate surface area is 201 Å². The van der Waals surface area contributed by atoms with Crippen molar-refractivity contribution in [1.29, 1.82) is 0 Å². The van der Waals surface area contributed by atoms with Crippen molar-refractivity contribution in [2.75, 3.05) is 20.2 Å². The van der Waals surface area contributed by atoms with E-state index in [1.807, 2.05) is 0 Å². The highest BCUT2D eigenvalue weighted by Gasteiger charge is 2.33. The van der Waals surface area contributed by atoms with Gasteiger partial charge in [-0.05, 0) is 36.6 Å². The molecule has 0 aliphatic carbocycles. The van der Waals surface area contributed by atoms with Crippen molar-refractivity contribution in [1.82, 2.24) is 8.87 Å². The molecular weight excluding hydrogens is 487 g/mol. The first-order chi connectivity index (χ1) is 15.7. The number of piperidine rings is 1. The zero-order valence-corrected chi connectivity index (χ0v) is 20.2. The standard InChI is InChI=1S/C23H22Cl2N2O5S/c1-32-23(29)19-13-27(21-5-3-2-4-18(19)21)22(28)15-8-10-26(11-9-15)33(30,31)14-16-6-7-17(24)12-20(16)25/h2-7,12-13,15H,8-11,14H2,1H3. The maximum Gasteiger partial charge on any atom is 0.340 e. The first-order valence-corrected chi connectivity index (χ1v) is 12.7. The Bertz CT molecular complexity index is 1330. The fourth-order valence-electron chi connectivity index (χ4n) is 4.14. The molecule has 0 radical (unpaired) electrons. The maximum absolute atomic E-state index is 13.3. The number of fused-ring (bicyclic) bond motifs is 1. The molecule has 2 aromatic carbocycles. The molecule has 0 spiro atoms. The summed E-state index contributed by atoms with van der Waals surface area (Å²) in [5.41, 5.74) is 1.42. The fraction of sp³-hybridized carbons (Fsp3) is 0.304. The van der Waals surface area contributed by atoms with Crippen LogP contribution in [0.1, 0.15) is 33.6 Å². The van der Waals surface area contributed by atoms with Crippen LogP contribution in [-0.4, -0.2) is 49.4 Å². The lowest BCUT2D eigenvalue weighted by atomic mass is 9.97.